The maximum absolute atomic E-state index is 11.6. The molecule has 0 aliphatic rings. The Hall–Kier alpha value is -2.95. The zero-order chi connectivity index (χ0) is 15.5. The summed E-state index contributed by atoms with van der Waals surface area (Å²) in [6.45, 7) is 0.474. The number of hydrogen-bond donors (Lipinski definition) is 1. The molecule has 112 valence electrons. The van der Waals surface area contributed by atoms with Crippen molar-refractivity contribution in [1.29, 1.82) is 0 Å². The molecule has 0 atom stereocenters. The van der Waals surface area contributed by atoms with E-state index in [1.54, 1.807) is 6.07 Å². The van der Waals surface area contributed by atoms with Gasteiger partial charge in [0.1, 0.15) is 18.1 Å². The van der Waals surface area contributed by atoms with Gasteiger partial charge in [-0.3, -0.25) is 4.68 Å². The summed E-state index contributed by atoms with van der Waals surface area (Å²) < 4.78 is 11.8. The van der Waals surface area contributed by atoms with Crippen LogP contribution >= 0.6 is 0 Å². The smallest absolute Gasteiger partial charge is 0.356 e. The molecule has 1 aromatic heterocycles. The number of rotatable bonds is 4. The third-order valence-corrected chi connectivity index (χ3v) is 3.46. The van der Waals surface area contributed by atoms with Gasteiger partial charge in [0.15, 0.2) is 0 Å². The number of methoxy groups -OCH3 is 1. The van der Waals surface area contributed by atoms with Crippen molar-refractivity contribution in [3.8, 4) is 5.75 Å². The first-order valence-electron chi connectivity index (χ1n) is 6.84. The molecule has 0 spiro atoms. The molecule has 2 N–H and O–H groups in total. The van der Waals surface area contributed by atoms with Crippen LogP contribution in [0.1, 0.15) is 16.1 Å². The second-order valence-electron chi connectivity index (χ2n) is 4.89. The minimum absolute atomic E-state index is 0.303. The van der Waals surface area contributed by atoms with Gasteiger partial charge in [-0.2, -0.15) is 0 Å². The molecular weight excluding hydrogens is 280 g/mol. The van der Waals surface area contributed by atoms with Gasteiger partial charge in [0.2, 0.25) is 0 Å². The van der Waals surface area contributed by atoms with Crippen LogP contribution in [-0.4, -0.2) is 17.8 Å². The average molecular weight is 296 g/mol. The molecule has 5 heteroatoms. The van der Waals surface area contributed by atoms with Crippen LogP contribution in [0, 0.1) is 0 Å². The number of nitrogens with two attached hydrogens (primary N) is 1. The van der Waals surface area contributed by atoms with Crippen LogP contribution in [0.4, 0.5) is 0 Å². The first-order chi connectivity index (χ1) is 10.7. The van der Waals surface area contributed by atoms with Gasteiger partial charge in [-0.1, -0.05) is 30.3 Å². The Labute approximate surface area is 127 Å². The minimum atomic E-state index is -0.467. The number of aromatic nitrogens is 1. The highest BCUT2D eigenvalue weighted by Crippen LogP contribution is 2.24. The van der Waals surface area contributed by atoms with Crippen LogP contribution in [-0.2, 0) is 11.3 Å². The van der Waals surface area contributed by atoms with Crippen molar-refractivity contribution in [2.45, 2.75) is 6.61 Å². The fourth-order valence-electron chi connectivity index (χ4n) is 2.29. The summed E-state index contributed by atoms with van der Waals surface area (Å²) in [5.74, 6) is 6.18. The molecular formula is C17H16N2O3. The van der Waals surface area contributed by atoms with Crippen LogP contribution < -0.4 is 10.6 Å². The first-order valence-corrected chi connectivity index (χ1v) is 6.84. The zero-order valence-electron chi connectivity index (χ0n) is 12.2. The summed E-state index contributed by atoms with van der Waals surface area (Å²) in [6.07, 6.45) is 0. The van der Waals surface area contributed by atoms with Crippen molar-refractivity contribution in [2.75, 3.05) is 13.0 Å². The summed E-state index contributed by atoms with van der Waals surface area (Å²) >= 11 is 0. The van der Waals surface area contributed by atoms with Crippen LogP contribution in [0.25, 0.3) is 10.9 Å². The molecule has 0 amide bonds. The number of carbonyl (C=O) groups excluding carboxylic acids is 1. The van der Waals surface area contributed by atoms with Crippen molar-refractivity contribution in [2.24, 2.45) is 0 Å². The molecule has 3 aromatic rings. The van der Waals surface area contributed by atoms with Gasteiger partial charge in [-0.15, -0.1) is 0 Å². The highest BCUT2D eigenvalue weighted by molar-refractivity contribution is 5.96. The van der Waals surface area contributed by atoms with Gasteiger partial charge in [0, 0.05) is 11.5 Å². The molecule has 0 saturated carbocycles. The summed E-state index contributed by atoms with van der Waals surface area (Å²) in [6, 6.07) is 17.1. The Morgan fingerprint density at radius 3 is 2.64 bits per heavy atom. The van der Waals surface area contributed by atoms with Gasteiger partial charge in [0.05, 0.1) is 12.6 Å². The number of esters is 1. The minimum Gasteiger partial charge on any atom is -0.489 e. The lowest BCUT2D eigenvalue weighted by Gasteiger charge is -2.07. The number of nitrogens with zero attached hydrogens (tertiary/aromatic N) is 1. The lowest BCUT2D eigenvalue weighted by atomic mass is 10.2. The first kappa shape index (κ1) is 14.0. The van der Waals surface area contributed by atoms with Crippen molar-refractivity contribution >= 4 is 16.9 Å². The third-order valence-electron chi connectivity index (χ3n) is 3.46. The number of benzene rings is 2. The molecule has 22 heavy (non-hydrogen) atoms. The molecule has 1 heterocycles. The number of ether oxygens (including phenoxy) is 2. The second kappa shape index (κ2) is 5.81. The van der Waals surface area contributed by atoms with Gasteiger partial charge < -0.3 is 15.3 Å². The molecule has 0 radical (unpaired) electrons. The fourth-order valence-corrected chi connectivity index (χ4v) is 2.29. The second-order valence-corrected chi connectivity index (χ2v) is 4.89. The molecule has 5 nitrogen and oxygen atoms in total. The van der Waals surface area contributed by atoms with E-state index in [2.05, 4.69) is 0 Å². The van der Waals surface area contributed by atoms with Crippen molar-refractivity contribution in [3.63, 3.8) is 0 Å². The Bertz CT molecular complexity index is 809. The highest BCUT2D eigenvalue weighted by atomic mass is 16.5. The van der Waals surface area contributed by atoms with Gasteiger partial charge in [-0.05, 0) is 23.8 Å². The number of nitrogen functional groups attached to an aromatic ring is 1. The quantitative estimate of drug-likeness (QED) is 0.594. The maximum Gasteiger partial charge on any atom is 0.356 e. The van der Waals surface area contributed by atoms with E-state index in [1.807, 2.05) is 48.5 Å². The predicted molar refractivity (Wildman–Crippen MR) is 84.2 cm³/mol. The number of hydrogen-bond acceptors (Lipinski definition) is 4. The number of fused-ring (bicyclic) bond motifs is 1. The summed E-state index contributed by atoms with van der Waals surface area (Å²) in [5.41, 5.74) is 2.10. The van der Waals surface area contributed by atoms with Crippen LogP contribution in [0.3, 0.4) is 0 Å². The van der Waals surface area contributed by atoms with E-state index in [9.17, 15) is 4.79 Å². The molecule has 0 unspecified atom stereocenters. The Balaban J connectivity index is 1.86. The van der Waals surface area contributed by atoms with Crippen LogP contribution in [0.5, 0.6) is 5.75 Å². The molecule has 0 bridgehead atoms. The predicted octanol–water partition coefficient (Wildman–Crippen LogP) is 2.72. The van der Waals surface area contributed by atoms with E-state index in [4.69, 9.17) is 15.3 Å². The van der Waals surface area contributed by atoms with Crippen molar-refractivity contribution in [3.05, 3.63) is 65.9 Å². The lowest BCUT2D eigenvalue weighted by Crippen LogP contribution is -2.16. The van der Waals surface area contributed by atoms with E-state index in [1.165, 1.54) is 11.8 Å². The average Bonchev–Trinajstić information content (AvgIpc) is 2.90. The van der Waals surface area contributed by atoms with Crippen molar-refractivity contribution < 1.29 is 14.3 Å². The van der Waals surface area contributed by atoms with Crippen molar-refractivity contribution in [1.82, 2.24) is 4.68 Å². The van der Waals surface area contributed by atoms with Gasteiger partial charge >= 0.3 is 5.97 Å². The molecule has 0 fully saturated rings. The van der Waals surface area contributed by atoms with E-state index in [-0.39, 0.29) is 0 Å². The summed E-state index contributed by atoms with van der Waals surface area (Å²) in [5, 5.41) is 0.856. The van der Waals surface area contributed by atoms with E-state index in [0.717, 1.165) is 10.9 Å². The maximum atomic E-state index is 11.6. The van der Waals surface area contributed by atoms with Crippen LogP contribution in [0.15, 0.2) is 54.6 Å². The zero-order valence-corrected chi connectivity index (χ0v) is 12.2. The molecule has 2 aromatic carbocycles. The molecule has 0 aliphatic heterocycles. The largest absolute Gasteiger partial charge is 0.489 e. The summed E-state index contributed by atoms with van der Waals surface area (Å²) in [4.78, 5) is 11.6. The standard InChI is InChI=1S/C17H16N2O3/c1-21-17(20)16-9-13-7-8-14(10-15(13)19(16)18)22-11-12-5-3-2-4-6-12/h2-10H,11,18H2,1H3. The SMILES string of the molecule is COC(=O)c1cc2ccc(OCc3ccccc3)cc2n1N. The third kappa shape index (κ3) is 2.61. The monoisotopic (exact) mass is 296 g/mol. The fraction of sp³-hybridized carbons (Fsp3) is 0.118. The summed E-state index contributed by atoms with van der Waals surface area (Å²) in [7, 11) is 1.33. The van der Waals surface area contributed by atoms with E-state index < -0.39 is 5.97 Å². The lowest BCUT2D eigenvalue weighted by molar-refractivity contribution is 0.0591. The molecule has 0 aliphatic carbocycles. The van der Waals surface area contributed by atoms with Gasteiger partial charge in [-0.25, -0.2) is 4.79 Å². The topological polar surface area (TPSA) is 66.5 Å². The Morgan fingerprint density at radius 1 is 1.14 bits per heavy atom. The Morgan fingerprint density at radius 2 is 1.91 bits per heavy atom. The highest BCUT2D eigenvalue weighted by Gasteiger charge is 2.14. The Kier molecular flexibility index (Phi) is 3.70. The van der Waals surface area contributed by atoms with Gasteiger partial charge in [0.25, 0.3) is 0 Å². The van der Waals surface area contributed by atoms with E-state index >= 15 is 0 Å². The van der Waals surface area contributed by atoms with Crippen LogP contribution in [0.2, 0.25) is 0 Å². The van der Waals surface area contributed by atoms with E-state index in [0.29, 0.717) is 23.6 Å². The molecule has 3 rings (SSSR count). The number of carbonyl (C=O) groups is 1. The normalized spacial score (nSPS) is 10.6. The molecule has 0 saturated heterocycles.